The molecule has 0 aliphatic rings. The number of benzene rings is 6. The van der Waals surface area contributed by atoms with Crippen LogP contribution in [0.1, 0.15) is 96.4 Å². The van der Waals surface area contributed by atoms with Crippen LogP contribution in [0.5, 0.6) is 0 Å². The number of carbonyl (C=O) groups excluding carboxylic acids is 6. The van der Waals surface area contributed by atoms with Gasteiger partial charge in [-0.2, -0.15) is 0 Å². The molecule has 1 atom stereocenters. The van der Waals surface area contributed by atoms with Crippen molar-refractivity contribution in [3.63, 3.8) is 0 Å². The Morgan fingerprint density at radius 3 is 1.12 bits per heavy atom. The number of aromatic nitrogens is 2. The number of ketones is 1. The lowest BCUT2D eigenvalue weighted by Crippen LogP contribution is -2.22. The van der Waals surface area contributed by atoms with Gasteiger partial charge in [0, 0.05) is 95.6 Å². The minimum absolute atomic E-state index is 0.140. The fraction of sp³-hybridized carbons (Fsp3) is 0.127. The van der Waals surface area contributed by atoms with Gasteiger partial charge in [-0.15, -0.1) is 22.7 Å². The predicted molar refractivity (Wildman–Crippen MR) is 328 cm³/mol. The molecule has 84 heavy (non-hydrogen) atoms. The second-order valence-electron chi connectivity index (χ2n) is 19.4. The van der Waals surface area contributed by atoms with E-state index in [1.54, 1.807) is 26.0 Å². The molecule has 0 spiro atoms. The maximum Gasteiger partial charge on any atom is 0.332 e. The largest absolute Gasteiger partial charge is 0.332 e. The van der Waals surface area contributed by atoms with Gasteiger partial charge in [0.05, 0.1) is 54.7 Å². The SMILES string of the molecule is BC(C(=NOC(C)=O)c1ccc2c(c1)c1cc(C(=O)c3cccs3)ccc1n2-c1ccc(C(C)=NOC(C)=O)cc1)C(=NOC(C)=O)c1ccc2c(c1)c1cc(C(=NOC(C)=O)c3cccs3)ccc1n2-c1ccc(C(C)=NOC(C)=O)cc1. The molecule has 6 aromatic carbocycles. The molecule has 0 N–H and O–H groups in total. The van der Waals surface area contributed by atoms with E-state index >= 15 is 0 Å². The molecular formula is C63H50BN7O11S2. The summed E-state index contributed by atoms with van der Waals surface area (Å²) in [7, 11) is 1.81. The Balaban J connectivity index is 1.14. The lowest BCUT2D eigenvalue weighted by molar-refractivity contribution is -0.141. The van der Waals surface area contributed by atoms with Crippen LogP contribution in [0.2, 0.25) is 5.82 Å². The Hall–Kier alpha value is -10.2. The van der Waals surface area contributed by atoms with Crippen LogP contribution in [0, 0.1) is 0 Å². The zero-order valence-electron chi connectivity index (χ0n) is 46.5. The molecule has 0 saturated carbocycles. The molecule has 0 aliphatic heterocycles. The number of nitrogens with zero attached hydrogens (tertiary/aromatic N) is 7. The first kappa shape index (κ1) is 57.0. The molecule has 0 saturated heterocycles. The van der Waals surface area contributed by atoms with Crippen LogP contribution >= 0.6 is 22.7 Å². The third kappa shape index (κ3) is 12.0. The summed E-state index contributed by atoms with van der Waals surface area (Å²) in [5.41, 5.74) is 10.2. The summed E-state index contributed by atoms with van der Waals surface area (Å²) >= 11 is 2.78. The summed E-state index contributed by atoms with van der Waals surface area (Å²) in [6.07, 6.45) is 0. The van der Waals surface area contributed by atoms with Crippen molar-refractivity contribution in [2.75, 3.05) is 0 Å². The van der Waals surface area contributed by atoms with Crippen LogP contribution in [0.3, 0.4) is 0 Å². The summed E-state index contributed by atoms with van der Waals surface area (Å²) in [6, 6.07) is 45.3. The van der Waals surface area contributed by atoms with Gasteiger partial charge in [-0.25, -0.2) is 24.0 Å². The molecule has 18 nitrogen and oxygen atoms in total. The molecule has 21 heteroatoms. The molecule has 418 valence electrons. The van der Waals surface area contributed by atoms with Crippen molar-refractivity contribution in [1.82, 2.24) is 9.13 Å². The Labute approximate surface area is 488 Å². The first-order chi connectivity index (χ1) is 40.4. The average Bonchev–Trinajstić information content (AvgIpc) is 3.30. The van der Waals surface area contributed by atoms with Crippen molar-refractivity contribution in [2.45, 2.75) is 54.3 Å². The zero-order chi connectivity index (χ0) is 59.3. The third-order valence-electron chi connectivity index (χ3n) is 13.5. The van der Waals surface area contributed by atoms with E-state index in [0.29, 0.717) is 44.3 Å². The van der Waals surface area contributed by atoms with E-state index in [9.17, 15) is 28.8 Å². The second kappa shape index (κ2) is 24.5. The van der Waals surface area contributed by atoms with Gasteiger partial charge in [0.15, 0.2) is 0 Å². The molecule has 4 heterocycles. The average molecular weight is 1160 g/mol. The van der Waals surface area contributed by atoms with Crippen LogP contribution < -0.4 is 0 Å². The van der Waals surface area contributed by atoms with Gasteiger partial charge >= 0.3 is 29.8 Å². The molecule has 1 unspecified atom stereocenters. The Morgan fingerprint density at radius 1 is 0.393 bits per heavy atom. The summed E-state index contributed by atoms with van der Waals surface area (Å²) < 4.78 is 4.14. The highest BCUT2D eigenvalue weighted by atomic mass is 32.1. The molecule has 0 fully saturated rings. The van der Waals surface area contributed by atoms with Crippen molar-refractivity contribution < 1.29 is 53.0 Å². The van der Waals surface area contributed by atoms with Gasteiger partial charge in [0.25, 0.3) is 0 Å². The van der Waals surface area contributed by atoms with Crippen LogP contribution in [0.4, 0.5) is 0 Å². The van der Waals surface area contributed by atoms with Crippen LogP contribution in [-0.4, -0.2) is 81.2 Å². The van der Waals surface area contributed by atoms with E-state index in [2.05, 4.69) is 34.9 Å². The minimum atomic E-state index is -0.859. The van der Waals surface area contributed by atoms with E-state index in [0.717, 1.165) is 71.0 Å². The van der Waals surface area contributed by atoms with Gasteiger partial charge in [-0.1, -0.05) is 80.4 Å². The predicted octanol–water partition coefficient (Wildman–Crippen LogP) is 11.8. The molecule has 0 radical (unpaired) electrons. The second-order valence-corrected chi connectivity index (χ2v) is 21.3. The minimum Gasteiger partial charge on any atom is -0.318 e. The van der Waals surface area contributed by atoms with Crippen molar-refractivity contribution in [2.24, 2.45) is 25.8 Å². The lowest BCUT2D eigenvalue weighted by Gasteiger charge is -2.18. The van der Waals surface area contributed by atoms with Crippen molar-refractivity contribution >= 4 is 138 Å². The standard InChI is InChI=1S/C63H50BN7O11S2/c1-34(65-78-36(3)72)41-12-20-47(21-13-41)70-53-24-16-43(60(67-80-38(5)74)57-10-8-28-83-57)30-49(53)50-31-44(17-25-54(50)70)61(68-81-39(6)75)59(64)62(69-82-40(7)76)45-18-26-55-51(32-45)52-33-46(63(77)58-11-9-29-84-58)19-27-56(52)71(55)48-22-14-42(15-23-48)35(2)66-79-37(4)73/h8-33,59H,64H2,1-7H3. The van der Waals surface area contributed by atoms with Crippen molar-refractivity contribution in [1.29, 1.82) is 0 Å². The summed E-state index contributed by atoms with van der Waals surface area (Å²) in [4.78, 5) is 102. The fourth-order valence-corrected chi connectivity index (χ4v) is 11.1. The van der Waals surface area contributed by atoms with Crippen LogP contribution in [0.15, 0.2) is 182 Å². The first-order valence-corrected chi connectivity index (χ1v) is 27.9. The highest BCUT2D eigenvalue weighted by molar-refractivity contribution is 7.12. The van der Waals surface area contributed by atoms with Crippen LogP contribution in [-0.2, 0) is 48.2 Å². The third-order valence-corrected chi connectivity index (χ3v) is 15.2. The molecular weight excluding hydrogens is 1110 g/mol. The summed E-state index contributed by atoms with van der Waals surface area (Å²) in [6.45, 7) is 9.79. The normalized spacial score (nSPS) is 12.9. The maximum absolute atomic E-state index is 13.9. The number of fused-ring (bicyclic) bond motifs is 6. The molecule has 0 bridgehead atoms. The van der Waals surface area contributed by atoms with Gasteiger partial charge in [0.2, 0.25) is 5.78 Å². The lowest BCUT2D eigenvalue weighted by atomic mass is 9.74. The smallest absolute Gasteiger partial charge is 0.318 e. The molecule has 10 aromatic rings. The van der Waals surface area contributed by atoms with E-state index in [1.165, 1.54) is 57.3 Å². The molecule has 0 amide bonds. The van der Waals surface area contributed by atoms with Gasteiger partial charge in [-0.05, 0) is 127 Å². The van der Waals surface area contributed by atoms with Crippen LogP contribution in [0.25, 0.3) is 55.0 Å². The number of hydrogen-bond acceptors (Lipinski definition) is 18. The highest BCUT2D eigenvalue weighted by Gasteiger charge is 2.27. The monoisotopic (exact) mass is 1160 g/mol. The number of oxime groups is 5. The summed E-state index contributed by atoms with van der Waals surface area (Å²) in [5, 5.41) is 27.9. The van der Waals surface area contributed by atoms with E-state index in [4.69, 9.17) is 24.2 Å². The molecule has 10 rings (SSSR count). The zero-order valence-corrected chi connectivity index (χ0v) is 48.2. The van der Waals surface area contributed by atoms with Crippen molar-refractivity contribution in [3.8, 4) is 11.4 Å². The fourth-order valence-electron chi connectivity index (χ4n) is 9.72. The van der Waals surface area contributed by atoms with Gasteiger partial charge < -0.3 is 33.3 Å². The van der Waals surface area contributed by atoms with E-state index < -0.39 is 35.7 Å². The number of hydrogen-bond donors (Lipinski definition) is 0. The Bertz CT molecular complexity index is 4440. The first-order valence-electron chi connectivity index (χ1n) is 26.2. The van der Waals surface area contributed by atoms with Gasteiger partial charge in [-0.3, -0.25) is 4.79 Å². The number of rotatable bonds is 17. The quantitative estimate of drug-likeness (QED) is 0.0274. The topological polar surface area (TPSA) is 220 Å². The number of carbonyl (C=O) groups is 6. The highest BCUT2D eigenvalue weighted by Crippen LogP contribution is 2.38. The Morgan fingerprint density at radius 2 is 0.726 bits per heavy atom. The van der Waals surface area contributed by atoms with E-state index in [-0.39, 0.29) is 17.2 Å². The molecule has 0 aliphatic carbocycles. The summed E-state index contributed by atoms with van der Waals surface area (Å²) in [5.74, 6) is -4.04. The van der Waals surface area contributed by atoms with Gasteiger partial charge in [0.1, 0.15) is 13.6 Å². The maximum atomic E-state index is 13.9. The molecule has 4 aromatic heterocycles. The van der Waals surface area contributed by atoms with Crippen molar-refractivity contribution in [3.05, 3.63) is 199 Å². The Kier molecular flexibility index (Phi) is 16.6. The number of thiophene rings is 2. The van der Waals surface area contributed by atoms with E-state index in [1.807, 2.05) is 152 Å².